The molecule has 0 saturated heterocycles. The fourth-order valence-electron chi connectivity index (χ4n) is 2.49. The van der Waals surface area contributed by atoms with Crippen molar-refractivity contribution < 1.29 is 9.53 Å². The van der Waals surface area contributed by atoms with E-state index in [1.54, 1.807) is 12.1 Å². The molecule has 2 fully saturated rings. The minimum Gasteiger partial charge on any atom is -0.464 e. The van der Waals surface area contributed by atoms with E-state index in [1.165, 1.54) is 32.8 Å². The Labute approximate surface area is 112 Å². The van der Waals surface area contributed by atoms with E-state index in [-0.39, 0.29) is 0 Å². The summed E-state index contributed by atoms with van der Waals surface area (Å²) in [6, 6.07) is 3.76. The van der Waals surface area contributed by atoms with Gasteiger partial charge in [0.2, 0.25) is 0 Å². The Morgan fingerprint density at radius 3 is 2.53 bits per heavy atom. The number of anilines is 2. The Balaban J connectivity index is 1.80. The lowest BCUT2D eigenvalue weighted by Gasteiger charge is -2.19. The van der Waals surface area contributed by atoms with Gasteiger partial charge in [0.1, 0.15) is 5.82 Å². The molecule has 3 rings (SSSR count). The summed E-state index contributed by atoms with van der Waals surface area (Å²) in [4.78, 5) is 15.8. The van der Waals surface area contributed by atoms with Gasteiger partial charge < -0.3 is 15.8 Å². The molecule has 1 heterocycles. The Morgan fingerprint density at radius 1 is 1.37 bits per heavy atom. The smallest absolute Gasteiger partial charge is 0.356 e. The molecule has 0 unspecified atom stereocenters. The molecular formula is C14H19N3O2. The molecule has 0 spiro atoms. The topological polar surface area (TPSA) is 77.2 Å². The molecule has 0 bridgehead atoms. The normalized spacial score (nSPS) is 18.4. The number of nitrogens with one attached hydrogen (secondary N) is 1. The number of rotatable bonds is 5. The summed E-state index contributed by atoms with van der Waals surface area (Å²) in [7, 11) is 1.35. The van der Waals surface area contributed by atoms with Crippen LogP contribution in [0.1, 0.15) is 36.2 Å². The van der Waals surface area contributed by atoms with E-state index in [0.717, 1.165) is 11.8 Å². The first-order valence-corrected chi connectivity index (χ1v) is 6.80. The number of aromatic nitrogens is 1. The van der Waals surface area contributed by atoms with Gasteiger partial charge in [-0.2, -0.15) is 0 Å². The number of carbonyl (C=O) groups is 1. The van der Waals surface area contributed by atoms with Crippen LogP contribution >= 0.6 is 0 Å². The van der Waals surface area contributed by atoms with Crippen molar-refractivity contribution in [1.29, 1.82) is 0 Å². The second kappa shape index (κ2) is 4.72. The van der Waals surface area contributed by atoms with Crippen LogP contribution in [0.2, 0.25) is 0 Å². The van der Waals surface area contributed by atoms with Crippen molar-refractivity contribution in [2.75, 3.05) is 18.2 Å². The SMILES string of the molecule is COC(=O)c1ccc(N)c(NC(C2CC2)C2CC2)n1. The summed E-state index contributed by atoms with van der Waals surface area (Å²) >= 11 is 0. The molecule has 5 nitrogen and oxygen atoms in total. The van der Waals surface area contributed by atoms with Gasteiger partial charge in [-0.25, -0.2) is 9.78 Å². The average molecular weight is 261 g/mol. The van der Waals surface area contributed by atoms with Crippen molar-refractivity contribution >= 4 is 17.5 Å². The van der Waals surface area contributed by atoms with Gasteiger partial charge >= 0.3 is 5.97 Å². The first-order valence-electron chi connectivity index (χ1n) is 6.80. The molecule has 3 N–H and O–H groups in total. The first-order chi connectivity index (χ1) is 9.19. The number of methoxy groups -OCH3 is 1. The van der Waals surface area contributed by atoms with Crippen molar-refractivity contribution in [3.05, 3.63) is 17.8 Å². The van der Waals surface area contributed by atoms with Gasteiger partial charge in [0.25, 0.3) is 0 Å². The van der Waals surface area contributed by atoms with Crippen LogP contribution in [0.15, 0.2) is 12.1 Å². The summed E-state index contributed by atoms with van der Waals surface area (Å²) in [5.74, 6) is 1.68. The van der Waals surface area contributed by atoms with Gasteiger partial charge in [0, 0.05) is 6.04 Å². The summed E-state index contributed by atoms with van der Waals surface area (Å²) in [5.41, 5.74) is 6.82. The van der Waals surface area contributed by atoms with Crippen molar-refractivity contribution in [1.82, 2.24) is 4.98 Å². The summed E-state index contributed by atoms with van der Waals surface area (Å²) in [6.45, 7) is 0. The van der Waals surface area contributed by atoms with Crippen molar-refractivity contribution in [2.24, 2.45) is 11.8 Å². The monoisotopic (exact) mass is 261 g/mol. The zero-order valence-electron chi connectivity index (χ0n) is 11.1. The number of nitrogens with two attached hydrogens (primary N) is 1. The van der Waals surface area contributed by atoms with Crippen LogP contribution in [0.4, 0.5) is 11.5 Å². The lowest BCUT2D eigenvalue weighted by Crippen LogP contribution is -2.26. The Hall–Kier alpha value is -1.78. The lowest BCUT2D eigenvalue weighted by molar-refractivity contribution is 0.0594. The molecule has 1 aromatic heterocycles. The number of nitrogens with zero attached hydrogens (tertiary/aromatic N) is 1. The van der Waals surface area contributed by atoms with Crippen molar-refractivity contribution in [3.8, 4) is 0 Å². The highest BCUT2D eigenvalue weighted by atomic mass is 16.5. The van der Waals surface area contributed by atoms with Gasteiger partial charge in [-0.05, 0) is 49.7 Å². The zero-order chi connectivity index (χ0) is 13.4. The second-order valence-electron chi connectivity index (χ2n) is 5.47. The summed E-state index contributed by atoms with van der Waals surface area (Å²) < 4.78 is 4.69. The molecule has 19 heavy (non-hydrogen) atoms. The van der Waals surface area contributed by atoms with E-state index in [0.29, 0.717) is 23.2 Å². The second-order valence-corrected chi connectivity index (χ2v) is 5.47. The number of pyridine rings is 1. The fraction of sp³-hybridized carbons (Fsp3) is 0.571. The highest BCUT2D eigenvalue weighted by molar-refractivity contribution is 5.88. The molecular weight excluding hydrogens is 242 g/mol. The summed E-state index contributed by atoms with van der Waals surface area (Å²) in [6.07, 6.45) is 5.13. The minimum atomic E-state index is -0.433. The molecule has 2 aliphatic carbocycles. The number of ether oxygens (including phenoxy) is 1. The van der Waals surface area contributed by atoms with Gasteiger partial charge in [0.15, 0.2) is 5.69 Å². The Morgan fingerprint density at radius 2 is 2.00 bits per heavy atom. The third-order valence-corrected chi connectivity index (χ3v) is 3.88. The van der Waals surface area contributed by atoms with E-state index < -0.39 is 5.97 Å². The van der Waals surface area contributed by atoms with Gasteiger partial charge in [-0.3, -0.25) is 0 Å². The van der Waals surface area contributed by atoms with Crippen LogP contribution < -0.4 is 11.1 Å². The molecule has 2 saturated carbocycles. The maximum absolute atomic E-state index is 11.5. The highest BCUT2D eigenvalue weighted by Gasteiger charge is 2.41. The van der Waals surface area contributed by atoms with E-state index in [9.17, 15) is 4.79 Å². The van der Waals surface area contributed by atoms with Crippen LogP contribution in [0.5, 0.6) is 0 Å². The standard InChI is InChI=1S/C14H19N3O2/c1-19-14(18)11-7-6-10(15)13(16-11)17-12(8-2-3-8)9-4-5-9/h6-9,12H,2-5,15H2,1H3,(H,16,17). The predicted octanol–water partition coefficient (Wildman–Crippen LogP) is 2.05. The van der Waals surface area contributed by atoms with Gasteiger partial charge in [-0.1, -0.05) is 0 Å². The van der Waals surface area contributed by atoms with Gasteiger partial charge in [0.05, 0.1) is 12.8 Å². The Kier molecular flexibility index (Phi) is 3.05. The van der Waals surface area contributed by atoms with Gasteiger partial charge in [-0.15, -0.1) is 0 Å². The number of nitrogen functional groups attached to an aromatic ring is 1. The average Bonchev–Trinajstić information content (AvgIpc) is 3.29. The molecule has 0 radical (unpaired) electrons. The first kappa shape index (κ1) is 12.3. The largest absolute Gasteiger partial charge is 0.464 e. The van der Waals surface area contributed by atoms with E-state index in [4.69, 9.17) is 5.73 Å². The van der Waals surface area contributed by atoms with Crippen molar-refractivity contribution in [3.63, 3.8) is 0 Å². The molecule has 0 atom stereocenters. The number of esters is 1. The van der Waals surface area contributed by atoms with E-state index in [2.05, 4.69) is 15.0 Å². The van der Waals surface area contributed by atoms with E-state index in [1.807, 2.05) is 0 Å². The minimum absolute atomic E-state index is 0.296. The molecule has 1 aromatic rings. The molecule has 102 valence electrons. The van der Waals surface area contributed by atoms with Crippen LogP contribution in [0.25, 0.3) is 0 Å². The third-order valence-electron chi connectivity index (χ3n) is 3.88. The lowest BCUT2D eigenvalue weighted by atomic mass is 10.1. The van der Waals surface area contributed by atoms with E-state index >= 15 is 0 Å². The molecule has 0 aliphatic heterocycles. The fourth-order valence-corrected chi connectivity index (χ4v) is 2.49. The predicted molar refractivity (Wildman–Crippen MR) is 72.8 cm³/mol. The molecule has 0 amide bonds. The van der Waals surface area contributed by atoms with Crippen LogP contribution in [0, 0.1) is 11.8 Å². The Bertz CT molecular complexity index is 483. The maximum atomic E-state index is 11.5. The van der Waals surface area contributed by atoms with Crippen molar-refractivity contribution in [2.45, 2.75) is 31.7 Å². The maximum Gasteiger partial charge on any atom is 0.356 e. The number of hydrogen-bond donors (Lipinski definition) is 2. The molecule has 0 aromatic carbocycles. The zero-order valence-corrected chi connectivity index (χ0v) is 11.1. The number of hydrogen-bond acceptors (Lipinski definition) is 5. The molecule has 2 aliphatic rings. The quantitative estimate of drug-likeness (QED) is 0.793. The van der Waals surface area contributed by atoms with Crippen LogP contribution in [-0.4, -0.2) is 24.1 Å². The molecule has 5 heteroatoms. The van der Waals surface area contributed by atoms with Crippen LogP contribution in [-0.2, 0) is 4.74 Å². The van der Waals surface area contributed by atoms with Crippen LogP contribution in [0.3, 0.4) is 0 Å². The third kappa shape index (κ3) is 2.64. The summed E-state index contributed by atoms with van der Waals surface area (Å²) in [5, 5.41) is 3.45. The highest BCUT2D eigenvalue weighted by Crippen LogP contribution is 2.46. The number of carbonyl (C=O) groups excluding carboxylic acids is 1.